The Hall–Kier alpha value is -2.70. The number of amides is 1. The van der Waals surface area contributed by atoms with Crippen molar-refractivity contribution in [1.82, 2.24) is 19.7 Å². The third-order valence-electron chi connectivity index (χ3n) is 5.40. The summed E-state index contributed by atoms with van der Waals surface area (Å²) in [6.07, 6.45) is 1.85. The van der Waals surface area contributed by atoms with Crippen LogP contribution in [0.5, 0.6) is 0 Å². The average molecular weight is 412 g/mol. The molecule has 0 bridgehead atoms. The molecular weight excluding hydrogens is 386 g/mol. The number of likely N-dealkylation sites (tertiary alicyclic amines) is 1. The third kappa shape index (κ3) is 4.49. The van der Waals surface area contributed by atoms with Crippen LogP contribution in [0.2, 0.25) is 0 Å². The van der Waals surface area contributed by atoms with Crippen LogP contribution in [-0.4, -0.2) is 44.7 Å². The maximum atomic E-state index is 13.1. The number of piperidine rings is 1. The van der Waals surface area contributed by atoms with Gasteiger partial charge in [0, 0.05) is 24.7 Å². The van der Waals surface area contributed by atoms with Crippen molar-refractivity contribution in [2.75, 3.05) is 13.1 Å². The van der Waals surface area contributed by atoms with Gasteiger partial charge in [0.05, 0.1) is 5.69 Å². The highest BCUT2D eigenvalue weighted by molar-refractivity contribution is 5.91. The van der Waals surface area contributed by atoms with Crippen molar-refractivity contribution < 1.29 is 4.79 Å². The van der Waals surface area contributed by atoms with Crippen molar-refractivity contribution in [2.45, 2.75) is 25.8 Å². The van der Waals surface area contributed by atoms with Crippen LogP contribution in [0.25, 0.3) is 17.1 Å². The molecule has 0 spiro atoms. The van der Waals surface area contributed by atoms with Gasteiger partial charge in [-0.15, -0.1) is 17.5 Å². The van der Waals surface area contributed by atoms with Gasteiger partial charge in [-0.05, 0) is 37.8 Å². The summed E-state index contributed by atoms with van der Waals surface area (Å²) in [4.78, 5) is 19.5. The van der Waals surface area contributed by atoms with Gasteiger partial charge < -0.3 is 10.6 Å². The van der Waals surface area contributed by atoms with E-state index in [-0.39, 0.29) is 30.2 Å². The van der Waals surface area contributed by atoms with Crippen LogP contribution in [-0.2, 0) is 0 Å². The summed E-state index contributed by atoms with van der Waals surface area (Å²) in [5.74, 6) is 1.26. The Labute approximate surface area is 177 Å². The standard InChI is InChI=1S/C22H25N5O.ClH/c1-16(23)17-12-14-26(15-13-17)22(28)20-24-21(18-8-4-2-5-9-18)27(25-20)19-10-6-3-7-11-19;/h2-11,16-17H,12-15,23H2,1H3;1H. The highest BCUT2D eigenvalue weighted by Gasteiger charge is 2.28. The fourth-order valence-corrected chi connectivity index (χ4v) is 3.70. The molecule has 1 amide bonds. The van der Waals surface area contributed by atoms with E-state index in [0.717, 1.165) is 24.1 Å². The molecule has 2 N–H and O–H groups in total. The number of carbonyl (C=O) groups is 1. The Bertz CT molecular complexity index is 877. The molecule has 1 unspecified atom stereocenters. The summed E-state index contributed by atoms with van der Waals surface area (Å²) in [5, 5.41) is 4.58. The molecule has 4 rings (SSSR count). The molecule has 7 heteroatoms. The molecular formula is C22H26ClN5O. The molecule has 152 valence electrons. The van der Waals surface area contributed by atoms with E-state index in [1.54, 1.807) is 4.68 Å². The SMILES string of the molecule is CC(N)C1CCN(C(=O)c2nc(-c3ccccc3)n(-c3ccccc3)n2)CC1.Cl. The van der Waals surface area contributed by atoms with Crippen molar-refractivity contribution in [3.63, 3.8) is 0 Å². The van der Waals surface area contributed by atoms with Crippen LogP contribution in [0.1, 0.15) is 30.4 Å². The first-order valence-electron chi connectivity index (χ1n) is 9.76. The zero-order chi connectivity index (χ0) is 19.5. The molecule has 29 heavy (non-hydrogen) atoms. The number of halogens is 1. The summed E-state index contributed by atoms with van der Waals surface area (Å²) in [6.45, 7) is 3.44. The molecule has 2 heterocycles. The lowest BCUT2D eigenvalue weighted by molar-refractivity contribution is 0.0669. The van der Waals surface area contributed by atoms with Gasteiger partial charge in [0.2, 0.25) is 5.82 Å². The van der Waals surface area contributed by atoms with Crippen molar-refractivity contribution in [2.24, 2.45) is 11.7 Å². The van der Waals surface area contributed by atoms with Gasteiger partial charge in [-0.25, -0.2) is 9.67 Å². The van der Waals surface area contributed by atoms with Crippen molar-refractivity contribution in [1.29, 1.82) is 0 Å². The van der Waals surface area contributed by atoms with Gasteiger partial charge in [-0.1, -0.05) is 48.5 Å². The van der Waals surface area contributed by atoms with Crippen LogP contribution < -0.4 is 5.73 Å². The Morgan fingerprint density at radius 1 is 1.03 bits per heavy atom. The van der Waals surface area contributed by atoms with Gasteiger partial charge in [-0.2, -0.15) is 0 Å². The number of benzene rings is 2. The monoisotopic (exact) mass is 411 g/mol. The fourth-order valence-electron chi connectivity index (χ4n) is 3.70. The Kier molecular flexibility index (Phi) is 6.67. The quantitative estimate of drug-likeness (QED) is 0.712. The minimum atomic E-state index is -0.116. The first-order valence-corrected chi connectivity index (χ1v) is 9.76. The molecule has 2 aromatic carbocycles. The number of hydrogen-bond donors (Lipinski definition) is 1. The van der Waals surface area contributed by atoms with Gasteiger partial charge in [-0.3, -0.25) is 4.79 Å². The predicted octanol–water partition coefficient (Wildman–Crippen LogP) is 3.56. The second-order valence-corrected chi connectivity index (χ2v) is 7.36. The van der Waals surface area contributed by atoms with E-state index in [1.807, 2.05) is 72.5 Å². The molecule has 1 atom stereocenters. The maximum Gasteiger partial charge on any atom is 0.293 e. The first kappa shape index (κ1) is 21.0. The van der Waals surface area contributed by atoms with Crippen LogP contribution >= 0.6 is 12.4 Å². The van der Waals surface area contributed by atoms with Crippen LogP contribution in [0, 0.1) is 5.92 Å². The molecule has 0 saturated carbocycles. The lowest BCUT2D eigenvalue weighted by atomic mass is 9.91. The molecule has 1 aromatic heterocycles. The summed E-state index contributed by atoms with van der Waals surface area (Å²) in [6, 6.07) is 19.8. The van der Waals surface area contributed by atoms with E-state index in [4.69, 9.17) is 5.73 Å². The largest absolute Gasteiger partial charge is 0.336 e. The molecule has 0 radical (unpaired) electrons. The third-order valence-corrected chi connectivity index (χ3v) is 5.40. The number of hydrogen-bond acceptors (Lipinski definition) is 4. The molecule has 0 aliphatic carbocycles. The zero-order valence-electron chi connectivity index (χ0n) is 16.4. The van der Waals surface area contributed by atoms with Crippen molar-refractivity contribution in [3.05, 3.63) is 66.5 Å². The molecule has 1 saturated heterocycles. The number of aromatic nitrogens is 3. The van der Waals surface area contributed by atoms with Gasteiger partial charge >= 0.3 is 0 Å². The van der Waals surface area contributed by atoms with E-state index >= 15 is 0 Å². The predicted molar refractivity (Wildman–Crippen MR) is 116 cm³/mol. The number of nitrogens with zero attached hydrogens (tertiary/aromatic N) is 4. The van der Waals surface area contributed by atoms with Crippen LogP contribution in [0.3, 0.4) is 0 Å². The van der Waals surface area contributed by atoms with E-state index in [0.29, 0.717) is 24.8 Å². The topological polar surface area (TPSA) is 77.0 Å². The number of nitrogens with two attached hydrogens (primary N) is 1. The van der Waals surface area contributed by atoms with Gasteiger partial charge in [0.15, 0.2) is 5.82 Å². The van der Waals surface area contributed by atoms with E-state index in [2.05, 4.69) is 10.1 Å². The van der Waals surface area contributed by atoms with E-state index < -0.39 is 0 Å². The molecule has 1 aliphatic heterocycles. The van der Waals surface area contributed by atoms with Gasteiger partial charge in [0.1, 0.15) is 0 Å². The minimum Gasteiger partial charge on any atom is -0.336 e. The summed E-state index contributed by atoms with van der Waals surface area (Å²) in [7, 11) is 0. The summed E-state index contributed by atoms with van der Waals surface area (Å²) < 4.78 is 1.75. The molecule has 3 aromatic rings. The second kappa shape index (κ2) is 9.20. The fraction of sp³-hybridized carbons (Fsp3) is 0.318. The first-order chi connectivity index (χ1) is 13.6. The number of para-hydroxylation sites is 1. The minimum absolute atomic E-state index is 0. The van der Waals surface area contributed by atoms with E-state index in [1.165, 1.54) is 0 Å². The molecule has 6 nitrogen and oxygen atoms in total. The Balaban J connectivity index is 0.00000240. The number of carbonyl (C=O) groups excluding carboxylic acids is 1. The highest BCUT2D eigenvalue weighted by atomic mass is 35.5. The summed E-state index contributed by atoms with van der Waals surface area (Å²) in [5.41, 5.74) is 7.82. The van der Waals surface area contributed by atoms with E-state index in [9.17, 15) is 4.79 Å². The average Bonchev–Trinajstić information content (AvgIpc) is 3.20. The van der Waals surface area contributed by atoms with Crippen molar-refractivity contribution in [3.8, 4) is 17.1 Å². The Morgan fingerprint density at radius 3 is 2.21 bits per heavy atom. The lowest BCUT2D eigenvalue weighted by Gasteiger charge is -2.33. The van der Waals surface area contributed by atoms with Crippen LogP contribution in [0.4, 0.5) is 0 Å². The van der Waals surface area contributed by atoms with Crippen LogP contribution in [0.15, 0.2) is 60.7 Å². The highest BCUT2D eigenvalue weighted by Crippen LogP contribution is 2.24. The van der Waals surface area contributed by atoms with Gasteiger partial charge in [0.25, 0.3) is 5.91 Å². The molecule has 1 aliphatic rings. The number of rotatable bonds is 4. The second-order valence-electron chi connectivity index (χ2n) is 7.36. The lowest BCUT2D eigenvalue weighted by Crippen LogP contribution is -2.42. The Morgan fingerprint density at radius 2 is 1.62 bits per heavy atom. The summed E-state index contributed by atoms with van der Waals surface area (Å²) >= 11 is 0. The van der Waals surface area contributed by atoms with Crippen molar-refractivity contribution >= 4 is 18.3 Å². The maximum absolute atomic E-state index is 13.1. The normalized spacial score (nSPS) is 15.6. The zero-order valence-corrected chi connectivity index (χ0v) is 17.3. The molecule has 1 fully saturated rings. The smallest absolute Gasteiger partial charge is 0.293 e.